The first-order valence-electron chi connectivity index (χ1n) is 6.13. The van der Waals surface area contributed by atoms with E-state index < -0.39 is 0 Å². The lowest BCUT2D eigenvalue weighted by Gasteiger charge is -2.00. The molecule has 0 saturated heterocycles. The maximum absolute atomic E-state index is 11.2. The second-order valence-corrected chi connectivity index (χ2v) is 4.57. The van der Waals surface area contributed by atoms with Crippen molar-refractivity contribution in [3.05, 3.63) is 23.7 Å². The Morgan fingerprint density at radius 3 is 3.18 bits per heavy atom. The SMILES string of the molecule is CCCC1CC1NCc1cc(C(=O)OC)co1. The Balaban J connectivity index is 1.76. The highest BCUT2D eigenvalue weighted by Crippen LogP contribution is 2.34. The molecule has 0 radical (unpaired) electrons. The second kappa shape index (κ2) is 5.36. The van der Waals surface area contributed by atoms with Crippen LogP contribution in [0.1, 0.15) is 42.3 Å². The van der Waals surface area contributed by atoms with Crippen molar-refractivity contribution in [1.82, 2.24) is 5.32 Å². The number of furan rings is 1. The average Bonchev–Trinajstić information content (AvgIpc) is 2.91. The molecule has 1 aromatic heterocycles. The van der Waals surface area contributed by atoms with Crippen molar-refractivity contribution in [2.24, 2.45) is 5.92 Å². The highest BCUT2D eigenvalue weighted by molar-refractivity contribution is 5.88. The summed E-state index contributed by atoms with van der Waals surface area (Å²) in [7, 11) is 1.37. The molecule has 4 heteroatoms. The van der Waals surface area contributed by atoms with Gasteiger partial charge in [-0.05, 0) is 24.8 Å². The zero-order valence-corrected chi connectivity index (χ0v) is 10.4. The standard InChI is InChI=1S/C13H19NO3/c1-3-4-9-6-12(9)14-7-11-5-10(8-17-11)13(15)16-2/h5,8-9,12,14H,3-4,6-7H2,1-2H3. The summed E-state index contributed by atoms with van der Waals surface area (Å²) >= 11 is 0. The predicted octanol–water partition coefficient (Wildman–Crippen LogP) is 2.34. The molecule has 1 saturated carbocycles. The third-order valence-corrected chi connectivity index (χ3v) is 3.20. The van der Waals surface area contributed by atoms with Gasteiger partial charge in [0, 0.05) is 6.04 Å². The van der Waals surface area contributed by atoms with Crippen LogP contribution in [0.2, 0.25) is 0 Å². The molecule has 17 heavy (non-hydrogen) atoms. The first kappa shape index (κ1) is 12.2. The smallest absolute Gasteiger partial charge is 0.341 e. The zero-order valence-electron chi connectivity index (χ0n) is 10.4. The molecule has 0 amide bonds. The lowest BCUT2D eigenvalue weighted by molar-refractivity contribution is 0.0600. The summed E-state index contributed by atoms with van der Waals surface area (Å²) in [4.78, 5) is 11.2. The number of hydrogen-bond acceptors (Lipinski definition) is 4. The Morgan fingerprint density at radius 2 is 2.47 bits per heavy atom. The van der Waals surface area contributed by atoms with Gasteiger partial charge in [0.1, 0.15) is 12.0 Å². The van der Waals surface area contributed by atoms with Gasteiger partial charge in [-0.3, -0.25) is 0 Å². The molecule has 2 unspecified atom stereocenters. The maximum Gasteiger partial charge on any atom is 0.341 e. The van der Waals surface area contributed by atoms with Crippen LogP contribution in [-0.4, -0.2) is 19.1 Å². The van der Waals surface area contributed by atoms with Crippen molar-refractivity contribution >= 4 is 5.97 Å². The monoisotopic (exact) mass is 237 g/mol. The van der Waals surface area contributed by atoms with E-state index in [4.69, 9.17) is 4.42 Å². The van der Waals surface area contributed by atoms with E-state index in [1.165, 1.54) is 32.6 Å². The third kappa shape index (κ3) is 3.09. The number of rotatable bonds is 6. The third-order valence-electron chi connectivity index (χ3n) is 3.20. The van der Waals surface area contributed by atoms with Crippen molar-refractivity contribution in [3.8, 4) is 0 Å². The average molecular weight is 237 g/mol. The predicted molar refractivity (Wildman–Crippen MR) is 63.7 cm³/mol. The number of carbonyl (C=O) groups is 1. The lowest BCUT2D eigenvalue weighted by atomic mass is 10.2. The Labute approximate surface area is 101 Å². The summed E-state index contributed by atoms with van der Waals surface area (Å²) in [6.07, 6.45) is 5.25. The van der Waals surface area contributed by atoms with Crippen LogP contribution in [-0.2, 0) is 11.3 Å². The van der Waals surface area contributed by atoms with Gasteiger partial charge in [0.25, 0.3) is 0 Å². The minimum atomic E-state index is -0.352. The van der Waals surface area contributed by atoms with Crippen molar-refractivity contribution in [3.63, 3.8) is 0 Å². The normalized spacial score (nSPS) is 22.5. The molecule has 1 aromatic rings. The van der Waals surface area contributed by atoms with Crippen molar-refractivity contribution in [2.75, 3.05) is 7.11 Å². The number of hydrogen-bond donors (Lipinski definition) is 1. The van der Waals surface area contributed by atoms with Crippen LogP contribution < -0.4 is 5.32 Å². The van der Waals surface area contributed by atoms with E-state index in [1.807, 2.05) is 0 Å². The van der Waals surface area contributed by atoms with E-state index in [-0.39, 0.29) is 5.97 Å². The highest BCUT2D eigenvalue weighted by Gasteiger charge is 2.35. The number of ether oxygens (including phenoxy) is 1. The van der Waals surface area contributed by atoms with E-state index in [1.54, 1.807) is 6.07 Å². The molecule has 94 valence electrons. The van der Waals surface area contributed by atoms with Crippen LogP contribution in [0.15, 0.2) is 16.7 Å². The van der Waals surface area contributed by atoms with Crippen molar-refractivity contribution in [2.45, 2.75) is 38.8 Å². The Morgan fingerprint density at radius 1 is 1.65 bits per heavy atom. The summed E-state index contributed by atoms with van der Waals surface area (Å²) in [5.41, 5.74) is 0.477. The number of carbonyl (C=O) groups excluding carboxylic acids is 1. The van der Waals surface area contributed by atoms with Crippen LogP contribution in [0.3, 0.4) is 0 Å². The van der Waals surface area contributed by atoms with E-state index in [0.717, 1.165) is 11.7 Å². The maximum atomic E-state index is 11.2. The van der Waals surface area contributed by atoms with Gasteiger partial charge in [0.15, 0.2) is 0 Å². The topological polar surface area (TPSA) is 51.5 Å². The summed E-state index contributed by atoms with van der Waals surface area (Å²) < 4.78 is 9.91. The number of esters is 1. The first-order chi connectivity index (χ1) is 8.24. The molecule has 0 spiro atoms. The highest BCUT2D eigenvalue weighted by atomic mass is 16.5. The molecule has 1 fully saturated rings. The molecule has 1 heterocycles. The Kier molecular flexibility index (Phi) is 3.84. The molecule has 2 atom stereocenters. The molecular formula is C13H19NO3. The number of methoxy groups -OCH3 is 1. The van der Waals surface area contributed by atoms with Crippen LogP contribution >= 0.6 is 0 Å². The van der Waals surface area contributed by atoms with E-state index in [9.17, 15) is 4.79 Å². The Bertz CT molecular complexity index is 386. The summed E-state index contributed by atoms with van der Waals surface area (Å²) in [5, 5.41) is 3.43. The minimum absolute atomic E-state index is 0.352. The zero-order chi connectivity index (χ0) is 12.3. The van der Waals surface area contributed by atoms with Gasteiger partial charge in [-0.25, -0.2) is 4.79 Å². The second-order valence-electron chi connectivity index (χ2n) is 4.57. The van der Waals surface area contributed by atoms with Gasteiger partial charge < -0.3 is 14.5 Å². The van der Waals surface area contributed by atoms with Gasteiger partial charge in [-0.2, -0.15) is 0 Å². The van der Waals surface area contributed by atoms with Gasteiger partial charge in [-0.15, -0.1) is 0 Å². The molecule has 4 nitrogen and oxygen atoms in total. The fourth-order valence-electron chi connectivity index (χ4n) is 2.12. The van der Waals surface area contributed by atoms with Crippen molar-refractivity contribution < 1.29 is 13.9 Å². The van der Waals surface area contributed by atoms with Gasteiger partial charge in [0.05, 0.1) is 19.2 Å². The van der Waals surface area contributed by atoms with Crippen LogP contribution in [0.25, 0.3) is 0 Å². The van der Waals surface area contributed by atoms with Gasteiger partial charge >= 0.3 is 5.97 Å². The minimum Gasteiger partial charge on any atom is -0.467 e. The summed E-state index contributed by atoms with van der Waals surface area (Å²) in [6, 6.07) is 2.36. The van der Waals surface area contributed by atoms with Crippen LogP contribution in [0.4, 0.5) is 0 Å². The van der Waals surface area contributed by atoms with Crippen LogP contribution in [0.5, 0.6) is 0 Å². The molecule has 1 aliphatic carbocycles. The fourth-order valence-corrected chi connectivity index (χ4v) is 2.12. The van der Waals surface area contributed by atoms with E-state index in [2.05, 4.69) is 17.0 Å². The number of nitrogens with one attached hydrogen (secondary N) is 1. The van der Waals surface area contributed by atoms with Gasteiger partial charge in [0.2, 0.25) is 0 Å². The summed E-state index contributed by atoms with van der Waals surface area (Å²) in [5.74, 6) is 1.26. The van der Waals surface area contributed by atoms with E-state index >= 15 is 0 Å². The van der Waals surface area contributed by atoms with Crippen LogP contribution in [0, 0.1) is 5.92 Å². The molecule has 1 aliphatic rings. The first-order valence-corrected chi connectivity index (χ1v) is 6.13. The largest absolute Gasteiger partial charge is 0.467 e. The molecule has 0 bridgehead atoms. The fraction of sp³-hybridized carbons (Fsp3) is 0.615. The quantitative estimate of drug-likeness (QED) is 0.772. The molecule has 0 aliphatic heterocycles. The molecule has 1 N–H and O–H groups in total. The molecular weight excluding hydrogens is 218 g/mol. The van der Waals surface area contributed by atoms with Crippen molar-refractivity contribution in [1.29, 1.82) is 0 Å². The summed E-state index contributed by atoms with van der Waals surface area (Å²) in [6.45, 7) is 2.90. The van der Waals surface area contributed by atoms with E-state index in [0.29, 0.717) is 18.2 Å². The molecule has 2 rings (SSSR count). The Hall–Kier alpha value is -1.29. The molecule has 0 aromatic carbocycles. The van der Waals surface area contributed by atoms with Gasteiger partial charge in [-0.1, -0.05) is 13.3 Å². The lowest BCUT2D eigenvalue weighted by Crippen LogP contribution is -2.17.